The summed E-state index contributed by atoms with van der Waals surface area (Å²) >= 11 is 3.00. The second-order valence-corrected chi connectivity index (χ2v) is 7.12. The Kier molecular flexibility index (Phi) is 4.52. The van der Waals surface area contributed by atoms with Crippen molar-refractivity contribution in [3.63, 3.8) is 0 Å². The fraction of sp³-hybridized carbons (Fsp3) is 0.250. The van der Waals surface area contributed by atoms with E-state index in [1.807, 2.05) is 47.9 Å². The first-order valence-electron chi connectivity index (χ1n) is 6.92. The van der Waals surface area contributed by atoms with Crippen molar-refractivity contribution in [2.24, 2.45) is 4.99 Å². The van der Waals surface area contributed by atoms with Crippen LogP contribution in [0, 0.1) is 6.92 Å². The number of aryl methyl sites for hydroxylation is 1. The summed E-state index contributed by atoms with van der Waals surface area (Å²) in [6.07, 6.45) is 0. The largest absolute Gasteiger partial charge is 0.383 e. The zero-order chi connectivity index (χ0) is 15.5. The normalized spacial score (nSPS) is 12.2. The van der Waals surface area contributed by atoms with E-state index < -0.39 is 0 Å². The van der Waals surface area contributed by atoms with Gasteiger partial charge in [-0.1, -0.05) is 23.5 Å². The minimum Gasteiger partial charge on any atom is -0.383 e. The Morgan fingerprint density at radius 1 is 1.23 bits per heavy atom. The average molecular weight is 332 g/mol. The first-order valence-corrected chi connectivity index (χ1v) is 8.55. The summed E-state index contributed by atoms with van der Waals surface area (Å²) < 4.78 is 8.33. The molecule has 3 aromatic rings. The number of thiophene rings is 1. The lowest BCUT2D eigenvalue weighted by Gasteiger charge is -2.03. The van der Waals surface area contributed by atoms with E-state index in [1.54, 1.807) is 7.11 Å². The molecule has 22 heavy (non-hydrogen) atoms. The van der Waals surface area contributed by atoms with Gasteiger partial charge in [0.25, 0.3) is 5.91 Å². The van der Waals surface area contributed by atoms with Crippen molar-refractivity contribution in [1.29, 1.82) is 0 Å². The summed E-state index contributed by atoms with van der Waals surface area (Å²) in [5.74, 6) is -0.184. The summed E-state index contributed by atoms with van der Waals surface area (Å²) in [6, 6.07) is 11.8. The SMILES string of the molecule is COCCn1c(=NC(=O)c2ccc(C)s2)sc2ccccc21. The Labute approximate surface area is 136 Å². The monoisotopic (exact) mass is 332 g/mol. The third kappa shape index (κ3) is 3.04. The molecule has 0 bridgehead atoms. The third-order valence-corrected chi connectivity index (χ3v) is 5.30. The van der Waals surface area contributed by atoms with E-state index in [0.29, 0.717) is 22.8 Å². The standard InChI is InChI=1S/C16H16N2O2S2/c1-11-7-8-14(21-11)15(19)17-16-18(9-10-20-2)12-5-3-4-6-13(12)22-16/h3-8H,9-10H2,1-2H3. The molecule has 2 aromatic heterocycles. The Hall–Kier alpha value is -1.76. The highest BCUT2D eigenvalue weighted by molar-refractivity contribution is 7.16. The lowest BCUT2D eigenvalue weighted by molar-refractivity contribution is 0.100. The number of thiazole rings is 1. The van der Waals surface area contributed by atoms with Crippen LogP contribution < -0.4 is 4.80 Å². The van der Waals surface area contributed by atoms with E-state index in [-0.39, 0.29) is 5.91 Å². The number of methoxy groups -OCH3 is 1. The number of hydrogen-bond donors (Lipinski definition) is 0. The summed E-state index contributed by atoms with van der Waals surface area (Å²) in [6.45, 7) is 3.25. The van der Waals surface area contributed by atoms with Gasteiger partial charge in [-0.05, 0) is 31.2 Å². The number of aromatic nitrogens is 1. The van der Waals surface area contributed by atoms with Crippen molar-refractivity contribution in [1.82, 2.24) is 4.57 Å². The van der Waals surface area contributed by atoms with Crippen molar-refractivity contribution in [3.05, 3.63) is 51.0 Å². The molecule has 2 heterocycles. The minimum absolute atomic E-state index is 0.184. The molecular weight excluding hydrogens is 316 g/mol. The van der Waals surface area contributed by atoms with E-state index in [1.165, 1.54) is 22.7 Å². The number of para-hydroxylation sites is 1. The second-order valence-electron chi connectivity index (χ2n) is 4.82. The maximum Gasteiger partial charge on any atom is 0.289 e. The number of carbonyl (C=O) groups excluding carboxylic acids is 1. The molecule has 0 aliphatic rings. The van der Waals surface area contributed by atoms with Gasteiger partial charge in [0.1, 0.15) is 0 Å². The second kappa shape index (κ2) is 6.56. The number of rotatable bonds is 4. The van der Waals surface area contributed by atoms with Crippen molar-refractivity contribution in [2.45, 2.75) is 13.5 Å². The highest BCUT2D eigenvalue weighted by atomic mass is 32.1. The number of nitrogens with zero attached hydrogens (tertiary/aromatic N) is 2. The summed E-state index contributed by atoms with van der Waals surface area (Å²) in [5, 5.41) is 0. The van der Waals surface area contributed by atoms with Gasteiger partial charge in [-0.25, -0.2) is 0 Å². The van der Waals surface area contributed by atoms with Crippen LogP contribution in [0.1, 0.15) is 14.5 Å². The number of fused-ring (bicyclic) bond motifs is 1. The van der Waals surface area contributed by atoms with Gasteiger partial charge in [0.05, 0.1) is 21.7 Å². The van der Waals surface area contributed by atoms with Gasteiger partial charge in [-0.3, -0.25) is 4.79 Å². The number of ether oxygens (including phenoxy) is 1. The average Bonchev–Trinajstić information content (AvgIpc) is 3.09. The Balaban J connectivity index is 2.08. The van der Waals surface area contributed by atoms with E-state index >= 15 is 0 Å². The molecule has 0 spiro atoms. The molecular formula is C16H16N2O2S2. The van der Waals surface area contributed by atoms with Gasteiger partial charge < -0.3 is 9.30 Å². The van der Waals surface area contributed by atoms with Crippen molar-refractivity contribution >= 4 is 38.8 Å². The molecule has 114 valence electrons. The van der Waals surface area contributed by atoms with Crippen LogP contribution in [-0.4, -0.2) is 24.2 Å². The van der Waals surface area contributed by atoms with Crippen LogP contribution in [0.25, 0.3) is 10.2 Å². The van der Waals surface area contributed by atoms with E-state index in [4.69, 9.17) is 4.74 Å². The predicted octanol–water partition coefficient (Wildman–Crippen LogP) is 3.46. The molecule has 0 unspecified atom stereocenters. The maximum absolute atomic E-state index is 12.3. The molecule has 0 aliphatic carbocycles. The Morgan fingerprint density at radius 2 is 2.05 bits per heavy atom. The summed E-state index contributed by atoms with van der Waals surface area (Å²) in [4.78, 5) is 19.2. The molecule has 1 aromatic carbocycles. The zero-order valence-electron chi connectivity index (χ0n) is 12.4. The van der Waals surface area contributed by atoms with Gasteiger partial charge in [0.2, 0.25) is 0 Å². The molecule has 0 saturated carbocycles. The maximum atomic E-state index is 12.3. The smallest absolute Gasteiger partial charge is 0.289 e. The van der Waals surface area contributed by atoms with Gasteiger partial charge in [-0.2, -0.15) is 4.99 Å². The van der Waals surface area contributed by atoms with Crippen molar-refractivity contribution in [2.75, 3.05) is 13.7 Å². The van der Waals surface area contributed by atoms with E-state index in [2.05, 4.69) is 4.99 Å². The van der Waals surface area contributed by atoms with Crippen molar-refractivity contribution < 1.29 is 9.53 Å². The third-order valence-electron chi connectivity index (χ3n) is 3.26. The van der Waals surface area contributed by atoms with E-state index in [9.17, 15) is 4.79 Å². The molecule has 0 N–H and O–H groups in total. The van der Waals surface area contributed by atoms with Crippen LogP contribution >= 0.6 is 22.7 Å². The number of carbonyl (C=O) groups is 1. The molecule has 1 amide bonds. The first kappa shape index (κ1) is 15.1. The fourth-order valence-corrected chi connectivity index (χ4v) is 4.00. The van der Waals surface area contributed by atoms with Crippen LogP contribution in [-0.2, 0) is 11.3 Å². The topological polar surface area (TPSA) is 43.6 Å². The molecule has 0 aliphatic heterocycles. The highest BCUT2D eigenvalue weighted by Crippen LogP contribution is 2.18. The fourth-order valence-electron chi connectivity index (χ4n) is 2.20. The van der Waals surface area contributed by atoms with Crippen LogP contribution in [0.2, 0.25) is 0 Å². The van der Waals surface area contributed by atoms with Crippen LogP contribution in [0.15, 0.2) is 41.4 Å². The molecule has 0 fully saturated rings. The number of hydrogen-bond acceptors (Lipinski definition) is 4. The van der Waals surface area contributed by atoms with Gasteiger partial charge in [-0.15, -0.1) is 11.3 Å². The van der Waals surface area contributed by atoms with Crippen molar-refractivity contribution in [3.8, 4) is 0 Å². The lowest BCUT2D eigenvalue weighted by Crippen LogP contribution is -2.19. The van der Waals surface area contributed by atoms with Crippen LogP contribution in [0.5, 0.6) is 0 Å². The predicted molar refractivity (Wildman–Crippen MR) is 90.6 cm³/mol. The highest BCUT2D eigenvalue weighted by Gasteiger charge is 2.10. The molecule has 3 rings (SSSR count). The molecule has 0 saturated heterocycles. The Bertz CT molecular complexity index is 874. The van der Waals surface area contributed by atoms with Gasteiger partial charge in [0, 0.05) is 18.5 Å². The quantitative estimate of drug-likeness (QED) is 0.734. The molecule has 6 heteroatoms. The summed E-state index contributed by atoms with van der Waals surface area (Å²) in [5.41, 5.74) is 1.08. The zero-order valence-corrected chi connectivity index (χ0v) is 14.0. The van der Waals surface area contributed by atoms with Gasteiger partial charge >= 0.3 is 0 Å². The molecule has 0 radical (unpaired) electrons. The minimum atomic E-state index is -0.184. The lowest BCUT2D eigenvalue weighted by atomic mass is 10.3. The Morgan fingerprint density at radius 3 is 2.77 bits per heavy atom. The van der Waals surface area contributed by atoms with Crippen LogP contribution in [0.3, 0.4) is 0 Å². The first-order chi connectivity index (χ1) is 10.7. The summed E-state index contributed by atoms with van der Waals surface area (Å²) in [7, 11) is 1.67. The van der Waals surface area contributed by atoms with E-state index in [0.717, 1.165) is 15.1 Å². The number of amides is 1. The van der Waals surface area contributed by atoms with Crippen LogP contribution in [0.4, 0.5) is 0 Å². The van der Waals surface area contributed by atoms with Gasteiger partial charge in [0.15, 0.2) is 4.80 Å². The molecule has 4 nitrogen and oxygen atoms in total. The molecule has 0 atom stereocenters. The number of benzene rings is 1.